The van der Waals surface area contributed by atoms with Gasteiger partial charge in [-0.3, -0.25) is 0 Å². The Bertz CT molecular complexity index is 622. The lowest BCUT2D eigenvalue weighted by molar-refractivity contribution is -0.137. The van der Waals surface area contributed by atoms with E-state index in [1.54, 1.807) is 24.3 Å². The molecule has 1 heterocycles. The van der Waals surface area contributed by atoms with Gasteiger partial charge in [0.15, 0.2) is 0 Å². The number of hydrogen-bond donors (Lipinski definition) is 1. The first-order valence-corrected chi connectivity index (χ1v) is 8.15. The average molecular weight is 378 g/mol. The fraction of sp³-hybridized carbons (Fsp3) is 0.333. The predicted molar refractivity (Wildman–Crippen MR) is 83.7 cm³/mol. The van der Waals surface area contributed by atoms with E-state index in [1.165, 1.54) is 6.07 Å². The van der Waals surface area contributed by atoms with E-state index in [4.69, 9.17) is 0 Å². The second-order valence-corrected chi connectivity index (χ2v) is 6.59. The number of aryl methyl sites for hydroxylation is 1. The van der Waals surface area contributed by atoms with Crippen LogP contribution in [-0.2, 0) is 6.18 Å². The van der Waals surface area contributed by atoms with Gasteiger partial charge in [-0.2, -0.15) is 13.2 Å². The number of rotatable bonds is 4. The topological polar surface area (TPSA) is 12.0 Å². The average Bonchev–Trinajstić information content (AvgIpc) is 2.82. The fourth-order valence-electron chi connectivity index (χ4n) is 2.22. The van der Waals surface area contributed by atoms with Crippen LogP contribution < -0.4 is 5.32 Å². The van der Waals surface area contributed by atoms with Crippen molar-refractivity contribution in [3.63, 3.8) is 0 Å². The van der Waals surface area contributed by atoms with Gasteiger partial charge in [0, 0.05) is 14.7 Å². The second-order valence-electron chi connectivity index (χ2n) is 4.73. The van der Waals surface area contributed by atoms with Gasteiger partial charge in [0.2, 0.25) is 0 Å². The van der Waals surface area contributed by atoms with Crippen molar-refractivity contribution in [1.82, 2.24) is 5.32 Å². The quantitative estimate of drug-likeness (QED) is 0.737. The van der Waals surface area contributed by atoms with Crippen LogP contribution in [0.25, 0.3) is 0 Å². The van der Waals surface area contributed by atoms with Crippen LogP contribution in [0.1, 0.15) is 34.5 Å². The Morgan fingerprint density at radius 2 is 2.00 bits per heavy atom. The van der Waals surface area contributed by atoms with Crippen molar-refractivity contribution in [2.45, 2.75) is 26.1 Å². The number of nitrogens with one attached hydrogen (secondary N) is 1. The number of halogens is 4. The van der Waals surface area contributed by atoms with Crippen LogP contribution in [-0.4, -0.2) is 6.54 Å². The molecule has 0 aliphatic carbocycles. The van der Waals surface area contributed by atoms with Gasteiger partial charge in [0.25, 0.3) is 0 Å². The van der Waals surface area contributed by atoms with Gasteiger partial charge < -0.3 is 5.32 Å². The molecule has 2 rings (SSSR count). The molecule has 21 heavy (non-hydrogen) atoms. The SMILES string of the molecule is CCNC(c1cc(Br)cs1)c1ccc(C(F)(F)F)cc1C. The third-order valence-electron chi connectivity index (χ3n) is 3.19. The Morgan fingerprint density at radius 3 is 2.48 bits per heavy atom. The van der Waals surface area contributed by atoms with E-state index in [2.05, 4.69) is 21.2 Å². The van der Waals surface area contributed by atoms with Gasteiger partial charge in [0.05, 0.1) is 11.6 Å². The van der Waals surface area contributed by atoms with Crippen molar-refractivity contribution < 1.29 is 13.2 Å². The zero-order valence-electron chi connectivity index (χ0n) is 11.6. The van der Waals surface area contributed by atoms with Crippen LogP contribution >= 0.6 is 27.3 Å². The molecule has 0 saturated carbocycles. The third-order valence-corrected chi connectivity index (χ3v) is 4.95. The molecule has 0 amide bonds. The highest BCUT2D eigenvalue weighted by Gasteiger charge is 2.31. The maximum atomic E-state index is 12.8. The van der Waals surface area contributed by atoms with E-state index in [-0.39, 0.29) is 6.04 Å². The normalized spacial score (nSPS) is 13.4. The van der Waals surface area contributed by atoms with E-state index in [1.807, 2.05) is 18.4 Å². The molecular formula is C15H15BrF3NS. The molecule has 0 spiro atoms. The molecule has 1 atom stereocenters. The summed E-state index contributed by atoms with van der Waals surface area (Å²) in [7, 11) is 0. The minimum absolute atomic E-state index is 0.0893. The van der Waals surface area contributed by atoms with Crippen LogP contribution in [0, 0.1) is 6.92 Å². The third kappa shape index (κ3) is 3.87. The van der Waals surface area contributed by atoms with Crippen molar-refractivity contribution in [1.29, 1.82) is 0 Å². The van der Waals surface area contributed by atoms with Crippen LogP contribution in [0.15, 0.2) is 34.1 Å². The Kier molecular flexibility index (Phi) is 5.11. The Morgan fingerprint density at radius 1 is 1.29 bits per heavy atom. The molecule has 1 aromatic heterocycles. The minimum Gasteiger partial charge on any atom is -0.306 e. The lowest BCUT2D eigenvalue weighted by atomic mass is 9.97. The molecule has 0 aliphatic rings. The summed E-state index contributed by atoms with van der Waals surface area (Å²) in [4.78, 5) is 1.08. The molecule has 0 aliphatic heterocycles. The summed E-state index contributed by atoms with van der Waals surface area (Å²) in [6.07, 6.45) is -4.30. The minimum atomic E-state index is -4.30. The molecule has 6 heteroatoms. The maximum absolute atomic E-state index is 12.8. The summed E-state index contributed by atoms with van der Waals surface area (Å²) < 4.78 is 39.2. The van der Waals surface area contributed by atoms with Crippen molar-refractivity contribution >= 4 is 27.3 Å². The number of benzene rings is 1. The van der Waals surface area contributed by atoms with Gasteiger partial charge in [-0.05, 0) is 58.7 Å². The first kappa shape index (κ1) is 16.5. The van der Waals surface area contributed by atoms with E-state index in [0.717, 1.165) is 27.5 Å². The van der Waals surface area contributed by atoms with Crippen molar-refractivity contribution in [3.8, 4) is 0 Å². The number of alkyl halides is 3. The van der Waals surface area contributed by atoms with Crippen molar-refractivity contribution in [2.75, 3.05) is 6.54 Å². The summed E-state index contributed by atoms with van der Waals surface area (Å²) in [6, 6.07) is 5.83. The molecule has 1 N–H and O–H groups in total. The molecule has 1 aromatic carbocycles. The van der Waals surface area contributed by atoms with Gasteiger partial charge >= 0.3 is 6.18 Å². The Labute approximate surface area is 134 Å². The summed E-state index contributed by atoms with van der Waals surface area (Å²) in [5.41, 5.74) is 0.908. The van der Waals surface area contributed by atoms with E-state index < -0.39 is 11.7 Å². The monoisotopic (exact) mass is 377 g/mol. The highest BCUT2D eigenvalue weighted by Crippen LogP contribution is 2.35. The Balaban J connectivity index is 2.42. The largest absolute Gasteiger partial charge is 0.416 e. The van der Waals surface area contributed by atoms with Crippen LogP contribution in [0.2, 0.25) is 0 Å². The zero-order valence-corrected chi connectivity index (χ0v) is 14.0. The highest BCUT2D eigenvalue weighted by molar-refractivity contribution is 9.10. The van der Waals surface area contributed by atoms with Crippen molar-refractivity contribution in [3.05, 3.63) is 55.7 Å². The first-order valence-electron chi connectivity index (χ1n) is 6.48. The summed E-state index contributed by atoms with van der Waals surface area (Å²) in [5, 5.41) is 5.31. The molecule has 0 fully saturated rings. The number of thiophene rings is 1. The van der Waals surface area contributed by atoms with Crippen LogP contribution in [0.3, 0.4) is 0 Å². The van der Waals surface area contributed by atoms with Gasteiger partial charge in [0.1, 0.15) is 0 Å². The van der Waals surface area contributed by atoms with Crippen LogP contribution in [0.5, 0.6) is 0 Å². The van der Waals surface area contributed by atoms with Crippen LogP contribution in [0.4, 0.5) is 13.2 Å². The molecule has 0 bridgehead atoms. The summed E-state index contributed by atoms with van der Waals surface area (Å²) in [5.74, 6) is 0. The fourth-order valence-corrected chi connectivity index (χ4v) is 3.76. The van der Waals surface area contributed by atoms with Gasteiger partial charge in [-0.1, -0.05) is 13.0 Å². The first-order chi connectivity index (χ1) is 9.82. The second kappa shape index (κ2) is 6.50. The predicted octanol–water partition coefficient (Wildman–Crippen LogP) is 5.54. The zero-order chi connectivity index (χ0) is 15.6. The van der Waals surface area contributed by atoms with E-state index >= 15 is 0 Å². The standard InChI is InChI=1S/C15H15BrF3NS/c1-3-20-14(13-7-11(16)8-21-13)12-5-4-10(6-9(12)2)15(17,18)19/h4-8,14,20H,3H2,1-2H3. The Hall–Kier alpha value is -0.850. The smallest absolute Gasteiger partial charge is 0.306 e. The molecule has 114 valence electrons. The highest BCUT2D eigenvalue weighted by atomic mass is 79.9. The van der Waals surface area contributed by atoms with Gasteiger partial charge in [-0.25, -0.2) is 0 Å². The molecule has 1 nitrogen and oxygen atoms in total. The maximum Gasteiger partial charge on any atom is 0.416 e. The number of hydrogen-bond acceptors (Lipinski definition) is 2. The molecule has 0 radical (unpaired) electrons. The molecule has 0 saturated heterocycles. The molecular weight excluding hydrogens is 363 g/mol. The van der Waals surface area contributed by atoms with Gasteiger partial charge in [-0.15, -0.1) is 11.3 Å². The van der Waals surface area contributed by atoms with E-state index in [0.29, 0.717) is 5.56 Å². The molecule has 1 unspecified atom stereocenters. The summed E-state index contributed by atoms with van der Waals surface area (Å²) in [6.45, 7) is 4.44. The van der Waals surface area contributed by atoms with E-state index in [9.17, 15) is 13.2 Å². The van der Waals surface area contributed by atoms with Crippen molar-refractivity contribution in [2.24, 2.45) is 0 Å². The summed E-state index contributed by atoms with van der Waals surface area (Å²) >= 11 is 4.99. The lowest BCUT2D eigenvalue weighted by Crippen LogP contribution is -2.22. The lowest BCUT2D eigenvalue weighted by Gasteiger charge is -2.20. The molecule has 2 aromatic rings.